The minimum Gasteiger partial charge on any atom is -0.481 e. The lowest BCUT2D eigenvalue weighted by atomic mass is 10.1. The summed E-state index contributed by atoms with van der Waals surface area (Å²) in [5.74, 6) is -4.88. The van der Waals surface area contributed by atoms with Crippen LogP contribution in [0.1, 0.15) is 6.42 Å². The molecule has 1 saturated heterocycles. The molecule has 4 N–H and O–H groups in total. The maximum absolute atomic E-state index is 11.5. The van der Waals surface area contributed by atoms with Crippen LogP contribution < -0.4 is 10.6 Å². The molecule has 116 valence electrons. The molecule has 0 aromatic rings. The van der Waals surface area contributed by atoms with Crippen LogP contribution in [0.4, 0.5) is 0 Å². The topological polar surface area (TPSA) is 153 Å². The molecule has 0 aliphatic carbocycles. The van der Waals surface area contributed by atoms with Gasteiger partial charge in [-0.05, 0) is 0 Å². The van der Waals surface area contributed by atoms with Crippen LogP contribution in [0.2, 0.25) is 0 Å². The molecular weight excluding hydrogens is 286 g/mol. The quantitative estimate of drug-likeness (QED) is 0.397. The Balaban J connectivity index is 2.31. The number of carboxylic acid groups (broad SMARTS) is 2. The van der Waals surface area contributed by atoms with Gasteiger partial charge in [0.05, 0.1) is 19.0 Å². The molecule has 1 aliphatic heterocycles. The van der Waals surface area contributed by atoms with E-state index in [0.29, 0.717) is 0 Å². The summed E-state index contributed by atoms with van der Waals surface area (Å²) in [5.41, 5.74) is 0. The van der Waals surface area contributed by atoms with Crippen LogP contribution in [-0.4, -0.2) is 71.0 Å². The van der Waals surface area contributed by atoms with Gasteiger partial charge < -0.3 is 25.7 Å². The molecule has 0 aromatic heterocycles. The molecule has 0 spiro atoms. The van der Waals surface area contributed by atoms with E-state index in [4.69, 9.17) is 10.2 Å². The Hall–Kier alpha value is -2.65. The van der Waals surface area contributed by atoms with Crippen molar-refractivity contribution in [3.8, 4) is 0 Å². The second kappa shape index (κ2) is 7.22. The molecule has 1 atom stereocenters. The number of nitrogens with zero attached hydrogens (tertiary/aromatic N) is 1. The molecule has 21 heavy (non-hydrogen) atoms. The minimum absolute atomic E-state index is 0.0488. The third-order valence-electron chi connectivity index (χ3n) is 2.78. The lowest BCUT2D eigenvalue weighted by Gasteiger charge is -2.15. The first-order valence-corrected chi connectivity index (χ1v) is 6.05. The van der Waals surface area contributed by atoms with Crippen molar-refractivity contribution in [3.63, 3.8) is 0 Å². The van der Waals surface area contributed by atoms with Crippen molar-refractivity contribution in [2.75, 3.05) is 26.2 Å². The Morgan fingerprint density at radius 2 is 1.71 bits per heavy atom. The molecule has 1 rings (SSSR count). The Morgan fingerprint density at radius 1 is 1.10 bits per heavy atom. The number of carbonyl (C=O) groups excluding carboxylic acids is 3. The number of likely N-dealkylation sites (tertiary alicyclic amines) is 1. The van der Waals surface area contributed by atoms with Crippen LogP contribution in [0.3, 0.4) is 0 Å². The fourth-order valence-electron chi connectivity index (χ4n) is 1.74. The van der Waals surface area contributed by atoms with Gasteiger partial charge in [-0.3, -0.25) is 24.0 Å². The molecule has 10 nitrogen and oxygen atoms in total. The lowest BCUT2D eigenvalue weighted by Crippen LogP contribution is -2.43. The number of amides is 3. The maximum atomic E-state index is 11.5. The lowest BCUT2D eigenvalue weighted by molar-refractivity contribution is -0.141. The summed E-state index contributed by atoms with van der Waals surface area (Å²) in [4.78, 5) is 56.2. The monoisotopic (exact) mass is 301 g/mol. The number of hydrogen-bond acceptors (Lipinski definition) is 5. The Kier molecular flexibility index (Phi) is 5.64. The van der Waals surface area contributed by atoms with Gasteiger partial charge in [0.2, 0.25) is 17.7 Å². The van der Waals surface area contributed by atoms with Gasteiger partial charge in [-0.15, -0.1) is 0 Å². The first-order chi connectivity index (χ1) is 9.79. The summed E-state index contributed by atoms with van der Waals surface area (Å²) in [6, 6.07) is 0. The zero-order valence-electron chi connectivity index (χ0n) is 11.0. The van der Waals surface area contributed by atoms with Crippen LogP contribution in [-0.2, 0) is 24.0 Å². The molecule has 1 fully saturated rings. The van der Waals surface area contributed by atoms with Gasteiger partial charge in [0.15, 0.2) is 0 Å². The fourth-order valence-corrected chi connectivity index (χ4v) is 1.74. The van der Waals surface area contributed by atoms with Crippen molar-refractivity contribution in [3.05, 3.63) is 0 Å². The molecule has 10 heteroatoms. The average molecular weight is 301 g/mol. The largest absolute Gasteiger partial charge is 0.481 e. The van der Waals surface area contributed by atoms with Crippen LogP contribution in [0.15, 0.2) is 0 Å². The highest BCUT2D eigenvalue weighted by atomic mass is 16.4. The standard InChI is InChI=1S/C11H15N3O7/c15-7(13-3-10(18)19)2-12-8(16)5-14-4-6(11(20)21)1-9(14)17/h6H,1-5H2,(H,12,16)(H,13,15)(H,18,19)(H,20,21). The molecule has 1 heterocycles. The Labute approximate surface area is 119 Å². The molecular formula is C11H15N3O7. The molecule has 1 unspecified atom stereocenters. The van der Waals surface area contributed by atoms with Crippen molar-refractivity contribution in [1.82, 2.24) is 15.5 Å². The number of rotatable bonds is 7. The Bertz CT molecular complexity index is 476. The van der Waals surface area contributed by atoms with Gasteiger partial charge in [0.25, 0.3) is 0 Å². The van der Waals surface area contributed by atoms with Crippen molar-refractivity contribution in [1.29, 1.82) is 0 Å². The Morgan fingerprint density at radius 3 is 2.24 bits per heavy atom. The summed E-state index contributed by atoms with van der Waals surface area (Å²) in [7, 11) is 0. The third-order valence-corrected chi connectivity index (χ3v) is 2.78. The SMILES string of the molecule is O=C(O)CNC(=O)CNC(=O)CN1CC(C(=O)O)CC1=O. The van der Waals surface area contributed by atoms with Crippen molar-refractivity contribution >= 4 is 29.7 Å². The second-order valence-electron chi connectivity index (χ2n) is 4.46. The number of carbonyl (C=O) groups is 5. The van der Waals surface area contributed by atoms with E-state index >= 15 is 0 Å². The number of hydrogen-bond donors (Lipinski definition) is 4. The van der Waals surface area contributed by atoms with E-state index in [1.165, 1.54) is 0 Å². The highest BCUT2D eigenvalue weighted by molar-refractivity contribution is 5.91. The van der Waals surface area contributed by atoms with Gasteiger partial charge in [0, 0.05) is 13.0 Å². The molecule has 3 amide bonds. The van der Waals surface area contributed by atoms with Crippen LogP contribution in [0.5, 0.6) is 0 Å². The van der Waals surface area contributed by atoms with Crippen LogP contribution in [0.25, 0.3) is 0 Å². The van der Waals surface area contributed by atoms with Gasteiger partial charge in [-0.25, -0.2) is 0 Å². The van der Waals surface area contributed by atoms with Crippen molar-refractivity contribution < 1.29 is 34.2 Å². The van der Waals surface area contributed by atoms with E-state index in [9.17, 15) is 24.0 Å². The average Bonchev–Trinajstić information content (AvgIpc) is 2.75. The molecule has 1 aliphatic rings. The second-order valence-corrected chi connectivity index (χ2v) is 4.46. The van der Waals surface area contributed by atoms with Gasteiger partial charge in [-0.2, -0.15) is 0 Å². The first-order valence-electron chi connectivity index (χ1n) is 6.05. The molecule has 0 radical (unpaired) electrons. The zero-order chi connectivity index (χ0) is 16.0. The minimum atomic E-state index is -1.21. The third kappa shape index (κ3) is 5.47. The summed E-state index contributed by atoms with van der Waals surface area (Å²) in [5, 5.41) is 21.4. The van der Waals surface area contributed by atoms with Gasteiger partial charge in [0.1, 0.15) is 6.54 Å². The van der Waals surface area contributed by atoms with Gasteiger partial charge >= 0.3 is 11.9 Å². The fraction of sp³-hybridized carbons (Fsp3) is 0.545. The van der Waals surface area contributed by atoms with E-state index in [-0.39, 0.29) is 19.5 Å². The predicted octanol–water partition coefficient (Wildman–Crippen LogP) is -2.76. The highest BCUT2D eigenvalue weighted by Crippen LogP contribution is 2.17. The predicted molar refractivity (Wildman–Crippen MR) is 66.0 cm³/mol. The summed E-state index contributed by atoms with van der Waals surface area (Å²) in [6.07, 6.45) is -0.151. The molecule has 0 aromatic carbocycles. The maximum Gasteiger partial charge on any atom is 0.322 e. The van der Waals surface area contributed by atoms with E-state index in [1.807, 2.05) is 0 Å². The zero-order valence-corrected chi connectivity index (χ0v) is 11.0. The van der Waals surface area contributed by atoms with Crippen LogP contribution in [0, 0.1) is 5.92 Å². The summed E-state index contributed by atoms with van der Waals surface area (Å²) in [6.45, 7) is -1.36. The van der Waals surface area contributed by atoms with E-state index < -0.39 is 48.7 Å². The van der Waals surface area contributed by atoms with E-state index in [0.717, 1.165) is 4.90 Å². The first kappa shape index (κ1) is 16.4. The van der Waals surface area contributed by atoms with Crippen LogP contribution >= 0.6 is 0 Å². The molecule has 0 bridgehead atoms. The highest BCUT2D eigenvalue weighted by Gasteiger charge is 2.34. The normalized spacial score (nSPS) is 17.4. The molecule has 0 saturated carbocycles. The number of nitrogens with one attached hydrogen (secondary N) is 2. The van der Waals surface area contributed by atoms with E-state index in [2.05, 4.69) is 10.6 Å². The number of aliphatic carboxylic acids is 2. The van der Waals surface area contributed by atoms with Crippen molar-refractivity contribution in [2.24, 2.45) is 5.92 Å². The summed E-state index contributed by atoms with van der Waals surface area (Å²) >= 11 is 0. The number of carboxylic acids is 2. The smallest absolute Gasteiger partial charge is 0.322 e. The van der Waals surface area contributed by atoms with Crippen molar-refractivity contribution in [2.45, 2.75) is 6.42 Å². The van der Waals surface area contributed by atoms with E-state index in [1.54, 1.807) is 0 Å². The summed E-state index contributed by atoms with van der Waals surface area (Å²) < 4.78 is 0. The van der Waals surface area contributed by atoms with Gasteiger partial charge in [-0.1, -0.05) is 0 Å².